The molecular formula is C26H28N2O4. The van der Waals surface area contributed by atoms with Crippen molar-refractivity contribution in [2.24, 2.45) is 0 Å². The van der Waals surface area contributed by atoms with Gasteiger partial charge in [0.05, 0.1) is 13.2 Å². The minimum absolute atomic E-state index is 0.00725. The van der Waals surface area contributed by atoms with E-state index in [-0.39, 0.29) is 10.9 Å². The fourth-order valence-corrected chi connectivity index (χ4v) is 3.84. The van der Waals surface area contributed by atoms with Crippen molar-refractivity contribution in [3.05, 3.63) is 80.4 Å². The van der Waals surface area contributed by atoms with E-state index in [4.69, 9.17) is 9.47 Å². The molecule has 2 heterocycles. The van der Waals surface area contributed by atoms with Gasteiger partial charge in [-0.05, 0) is 75.9 Å². The molecule has 166 valence electrons. The molecule has 2 aromatic heterocycles. The molecule has 0 saturated heterocycles. The Morgan fingerprint density at radius 1 is 0.625 bits per heavy atom. The minimum atomic E-state index is 0.00725. The van der Waals surface area contributed by atoms with Gasteiger partial charge < -0.3 is 19.4 Å². The molecule has 6 nitrogen and oxygen atoms in total. The summed E-state index contributed by atoms with van der Waals surface area (Å²) in [5.74, 6) is 1.44. The summed E-state index contributed by atoms with van der Waals surface area (Å²) in [5, 5.41) is 1.30. The van der Waals surface area contributed by atoms with Crippen molar-refractivity contribution >= 4 is 21.8 Å². The lowest BCUT2D eigenvalue weighted by atomic mass is 10.2. The van der Waals surface area contributed by atoms with Crippen LogP contribution in [-0.4, -0.2) is 23.2 Å². The van der Waals surface area contributed by atoms with E-state index in [2.05, 4.69) is 9.97 Å². The predicted molar refractivity (Wildman–Crippen MR) is 128 cm³/mol. The molecule has 0 aliphatic rings. The van der Waals surface area contributed by atoms with E-state index in [0.29, 0.717) is 24.0 Å². The second-order valence-corrected chi connectivity index (χ2v) is 8.16. The van der Waals surface area contributed by atoms with Crippen molar-refractivity contribution < 1.29 is 9.47 Å². The Labute approximate surface area is 186 Å². The van der Waals surface area contributed by atoms with Crippen LogP contribution >= 0.6 is 0 Å². The molecule has 2 N–H and O–H groups in total. The first-order valence-electron chi connectivity index (χ1n) is 11.0. The highest BCUT2D eigenvalue weighted by Gasteiger charge is 2.04. The second-order valence-electron chi connectivity index (χ2n) is 8.16. The smallest absolute Gasteiger partial charge is 0.189 e. The van der Waals surface area contributed by atoms with E-state index in [1.54, 1.807) is 24.3 Å². The standard InChI is InChI=1S/C26H28N2O4/c1-17-13-25(29)21-15-19(7-9-23(21)27-17)31-11-5-3-4-6-12-32-20-8-10-24-22(16-20)26(30)14-18(2)28-24/h7-10,13-16H,3-6,11-12H2,1-2H3,(H,27,29)(H,28,30). The summed E-state index contributed by atoms with van der Waals surface area (Å²) < 4.78 is 11.6. The number of aryl methyl sites for hydroxylation is 2. The molecule has 0 unspecified atom stereocenters. The lowest BCUT2D eigenvalue weighted by molar-refractivity contribution is 0.288. The van der Waals surface area contributed by atoms with Crippen molar-refractivity contribution in [2.75, 3.05) is 13.2 Å². The van der Waals surface area contributed by atoms with E-state index in [1.807, 2.05) is 38.1 Å². The summed E-state index contributed by atoms with van der Waals surface area (Å²) in [6.07, 6.45) is 3.95. The maximum atomic E-state index is 12.1. The number of hydrogen-bond acceptors (Lipinski definition) is 4. The lowest BCUT2D eigenvalue weighted by Crippen LogP contribution is -2.04. The van der Waals surface area contributed by atoms with Crippen LogP contribution in [-0.2, 0) is 0 Å². The van der Waals surface area contributed by atoms with E-state index >= 15 is 0 Å². The van der Waals surface area contributed by atoms with Gasteiger partial charge in [0.2, 0.25) is 0 Å². The fourth-order valence-electron chi connectivity index (χ4n) is 3.84. The van der Waals surface area contributed by atoms with Crippen LogP contribution in [0.4, 0.5) is 0 Å². The quantitative estimate of drug-likeness (QED) is 0.364. The number of H-pyrrole nitrogens is 2. The Hall–Kier alpha value is -3.54. The summed E-state index contributed by atoms with van der Waals surface area (Å²) in [5.41, 5.74) is 3.37. The van der Waals surface area contributed by atoms with E-state index in [0.717, 1.165) is 59.6 Å². The van der Waals surface area contributed by atoms with E-state index in [9.17, 15) is 9.59 Å². The van der Waals surface area contributed by atoms with Crippen molar-refractivity contribution in [1.82, 2.24) is 9.97 Å². The third kappa shape index (κ3) is 5.19. The van der Waals surface area contributed by atoms with Gasteiger partial charge in [-0.2, -0.15) is 0 Å². The molecule has 0 radical (unpaired) electrons. The average molecular weight is 433 g/mol. The molecule has 0 bridgehead atoms. The van der Waals surface area contributed by atoms with Gasteiger partial charge in [0.15, 0.2) is 10.9 Å². The number of aromatic amines is 2. The summed E-state index contributed by atoms with van der Waals surface area (Å²) in [4.78, 5) is 30.6. The first kappa shape index (κ1) is 21.7. The van der Waals surface area contributed by atoms with Crippen LogP contribution in [0, 0.1) is 13.8 Å². The number of pyridine rings is 2. The van der Waals surface area contributed by atoms with Crippen molar-refractivity contribution in [2.45, 2.75) is 39.5 Å². The van der Waals surface area contributed by atoms with Crippen LogP contribution < -0.4 is 20.3 Å². The highest BCUT2D eigenvalue weighted by atomic mass is 16.5. The van der Waals surface area contributed by atoms with Crippen LogP contribution in [0.1, 0.15) is 37.1 Å². The van der Waals surface area contributed by atoms with Crippen molar-refractivity contribution in [1.29, 1.82) is 0 Å². The Kier molecular flexibility index (Phi) is 6.59. The molecule has 0 spiro atoms. The maximum absolute atomic E-state index is 12.1. The summed E-state index contributed by atoms with van der Waals surface area (Å²) in [7, 11) is 0. The molecule has 0 saturated carbocycles. The molecule has 0 aliphatic carbocycles. The number of hydrogen-bond donors (Lipinski definition) is 2. The van der Waals surface area contributed by atoms with Crippen LogP contribution in [0.25, 0.3) is 21.8 Å². The molecule has 0 aliphatic heterocycles. The number of benzene rings is 2. The molecule has 6 heteroatoms. The van der Waals surface area contributed by atoms with Crippen LogP contribution in [0.5, 0.6) is 11.5 Å². The van der Waals surface area contributed by atoms with Crippen LogP contribution in [0.15, 0.2) is 58.1 Å². The van der Waals surface area contributed by atoms with Crippen LogP contribution in [0.2, 0.25) is 0 Å². The highest BCUT2D eigenvalue weighted by Crippen LogP contribution is 2.19. The average Bonchev–Trinajstić information content (AvgIpc) is 2.76. The second kappa shape index (κ2) is 9.73. The number of fused-ring (bicyclic) bond motifs is 2. The van der Waals surface area contributed by atoms with Gasteiger partial charge in [-0.1, -0.05) is 0 Å². The van der Waals surface area contributed by atoms with Gasteiger partial charge >= 0.3 is 0 Å². The molecule has 32 heavy (non-hydrogen) atoms. The van der Waals surface area contributed by atoms with Gasteiger partial charge in [-0.3, -0.25) is 9.59 Å². The topological polar surface area (TPSA) is 84.2 Å². The Bertz CT molecular complexity index is 1250. The SMILES string of the molecule is Cc1cc(=O)c2cc(OCCCCCCOc3ccc4[nH]c(C)cc(=O)c4c3)ccc2[nH]1. The zero-order valence-electron chi connectivity index (χ0n) is 18.5. The molecule has 0 amide bonds. The Morgan fingerprint density at radius 2 is 1.06 bits per heavy atom. The normalized spacial score (nSPS) is 11.2. The fraction of sp³-hybridized carbons (Fsp3) is 0.308. The number of aromatic nitrogens is 2. The van der Waals surface area contributed by atoms with E-state index < -0.39 is 0 Å². The number of ether oxygens (including phenoxy) is 2. The maximum Gasteiger partial charge on any atom is 0.189 e. The Morgan fingerprint density at radius 3 is 1.50 bits per heavy atom. The molecule has 0 atom stereocenters. The van der Waals surface area contributed by atoms with Gasteiger partial charge in [-0.25, -0.2) is 0 Å². The molecule has 0 fully saturated rings. The molecular weight excluding hydrogens is 404 g/mol. The molecule has 2 aromatic carbocycles. The Balaban J connectivity index is 1.17. The zero-order valence-corrected chi connectivity index (χ0v) is 18.5. The minimum Gasteiger partial charge on any atom is -0.494 e. The number of nitrogens with one attached hydrogen (secondary N) is 2. The van der Waals surface area contributed by atoms with Crippen LogP contribution in [0.3, 0.4) is 0 Å². The van der Waals surface area contributed by atoms with Gasteiger partial charge in [0, 0.05) is 45.3 Å². The number of unbranched alkanes of at least 4 members (excludes halogenated alkanes) is 3. The zero-order chi connectivity index (χ0) is 22.5. The lowest BCUT2D eigenvalue weighted by Gasteiger charge is -2.09. The van der Waals surface area contributed by atoms with Gasteiger partial charge in [0.25, 0.3) is 0 Å². The van der Waals surface area contributed by atoms with Crippen molar-refractivity contribution in [3.63, 3.8) is 0 Å². The first-order valence-corrected chi connectivity index (χ1v) is 11.0. The summed E-state index contributed by atoms with van der Waals surface area (Å²) in [6.45, 7) is 4.98. The van der Waals surface area contributed by atoms with E-state index in [1.165, 1.54) is 0 Å². The van der Waals surface area contributed by atoms with Crippen molar-refractivity contribution in [3.8, 4) is 11.5 Å². The molecule has 4 aromatic rings. The molecule has 4 rings (SSSR count). The van der Waals surface area contributed by atoms with Gasteiger partial charge in [-0.15, -0.1) is 0 Å². The number of rotatable bonds is 9. The largest absolute Gasteiger partial charge is 0.494 e. The summed E-state index contributed by atoms with van der Waals surface area (Å²) in [6, 6.07) is 14.4. The predicted octanol–water partition coefficient (Wildman–Crippen LogP) is 5.00. The summed E-state index contributed by atoms with van der Waals surface area (Å²) >= 11 is 0. The highest BCUT2D eigenvalue weighted by molar-refractivity contribution is 5.80. The third-order valence-corrected chi connectivity index (χ3v) is 5.45. The third-order valence-electron chi connectivity index (χ3n) is 5.45. The van der Waals surface area contributed by atoms with Gasteiger partial charge in [0.1, 0.15) is 11.5 Å². The first-order chi connectivity index (χ1) is 15.5. The monoisotopic (exact) mass is 432 g/mol.